The Morgan fingerprint density at radius 3 is 2.50 bits per heavy atom. The van der Waals surface area contributed by atoms with E-state index in [1.807, 2.05) is 31.2 Å². The minimum absolute atomic E-state index is 0.0522. The van der Waals surface area contributed by atoms with Crippen LogP contribution in [0.25, 0.3) is 0 Å². The van der Waals surface area contributed by atoms with Crippen molar-refractivity contribution >= 4 is 12.0 Å². The van der Waals surface area contributed by atoms with Gasteiger partial charge in [0.2, 0.25) is 0 Å². The molecule has 7 nitrogen and oxygen atoms in total. The summed E-state index contributed by atoms with van der Waals surface area (Å²) < 4.78 is 5.41. The second kappa shape index (κ2) is 10.0. The van der Waals surface area contributed by atoms with Crippen LogP contribution >= 0.6 is 0 Å². The third-order valence-electron chi connectivity index (χ3n) is 4.65. The molecule has 1 atom stereocenters. The van der Waals surface area contributed by atoms with Gasteiger partial charge in [-0.3, -0.25) is 4.79 Å². The summed E-state index contributed by atoms with van der Waals surface area (Å²) in [4.78, 5) is 24.3. The summed E-state index contributed by atoms with van der Waals surface area (Å²) in [6.07, 6.45) is 1.39. The quantitative estimate of drug-likeness (QED) is 0.615. The first-order valence-electron chi connectivity index (χ1n) is 9.16. The van der Waals surface area contributed by atoms with Crippen molar-refractivity contribution < 1.29 is 24.5 Å². The van der Waals surface area contributed by atoms with Gasteiger partial charge in [-0.15, -0.1) is 0 Å². The molecule has 144 valence electrons. The van der Waals surface area contributed by atoms with Crippen molar-refractivity contribution in [1.29, 1.82) is 0 Å². The van der Waals surface area contributed by atoms with Gasteiger partial charge < -0.3 is 25.2 Å². The summed E-state index contributed by atoms with van der Waals surface area (Å²) in [5, 5.41) is 21.9. The normalized spacial score (nSPS) is 16.2. The molecule has 26 heavy (non-hydrogen) atoms. The molecule has 0 aromatic heterocycles. The van der Waals surface area contributed by atoms with Crippen molar-refractivity contribution in [1.82, 2.24) is 10.2 Å². The Kier molecular flexibility index (Phi) is 7.72. The maximum Gasteiger partial charge on any atom is 0.317 e. The molecule has 1 saturated heterocycles. The lowest BCUT2D eigenvalue weighted by molar-refractivity contribution is -0.137. The van der Waals surface area contributed by atoms with Gasteiger partial charge in [0.25, 0.3) is 0 Å². The van der Waals surface area contributed by atoms with Gasteiger partial charge in [0, 0.05) is 26.1 Å². The van der Waals surface area contributed by atoms with E-state index in [0.717, 1.165) is 24.2 Å². The minimum Gasteiger partial charge on any atom is -0.494 e. The maximum atomic E-state index is 12.1. The number of likely N-dealkylation sites (tertiary alicyclic amines) is 1. The number of carboxylic acids is 1. The van der Waals surface area contributed by atoms with E-state index in [9.17, 15) is 14.7 Å². The van der Waals surface area contributed by atoms with E-state index in [-0.39, 0.29) is 18.4 Å². The summed E-state index contributed by atoms with van der Waals surface area (Å²) in [6, 6.07) is 7.34. The molecule has 1 unspecified atom stereocenters. The van der Waals surface area contributed by atoms with E-state index >= 15 is 0 Å². The predicted molar refractivity (Wildman–Crippen MR) is 97.1 cm³/mol. The topological polar surface area (TPSA) is 99.1 Å². The third-order valence-corrected chi connectivity index (χ3v) is 4.65. The Morgan fingerprint density at radius 2 is 1.92 bits per heavy atom. The third kappa shape index (κ3) is 5.91. The number of aliphatic carboxylic acids is 1. The van der Waals surface area contributed by atoms with E-state index in [0.29, 0.717) is 32.7 Å². The van der Waals surface area contributed by atoms with Crippen LogP contribution in [-0.4, -0.2) is 53.4 Å². The molecule has 1 fully saturated rings. The molecule has 0 aliphatic carbocycles. The SMILES string of the molecule is CCOc1ccc(C(O)C2CCN(C(=O)NCCCC(=O)O)CC2)cc1. The van der Waals surface area contributed by atoms with Crippen LogP contribution in [0.1, 0.15) is 44.3 Å². The lowest BCUT2D eigenvalue weighted by atomic mass is 9.87. The first-order valence-corrected chi connectivity index (χ1v) is 9.16. The summed E-state index contributed by atoms with van der Waals surface area (Å²) in [7, 11) is 0. The molecule has 7 heteroatoms. The number of carboxylic acid groups (broad SMARTS) is 1. The predicted octanol–water partition coefficient (Wildman–Crippen LogP) is 2.41. The van der Waals surface area contributed by atoms with Gasteiger partial charge in [-0.2, -0.15) is 0 Å². The average Bonchev–Trinajstić information content (AvgIpc) is 2.65. The smallest absolute Gasteiger partial charge is 0.317 e. The van der Waals surface area contributed by atoms with Crippen LogP contribution in [0.15, 0.2) is 24.3 Å². The zero-order valence-electron chi connectivity index (χ0n) is 15.2. The summed E-state index contributed by atoms with van der Waals surface area (Å²) in [6.45, 7) is 4.07. The highest BCUT2D eigenvalue weighted by molar-refractivity contribution is 5.74. The van der Waals surface area contributed by atoms with Gasteiger partial charge >= 0.3 is 12.0 Å². The number of amides is 2. The summed E-state index contributed by atoms with van der Waals surface area (Å²) in [5.74, 6) is 0.0465. The van der Waals surface area contributed by atoms with Crippen LogP contribution in [0.4, 0.5) is 4.79 Å². The van der Waals surface area contributed by atoms with E-state index in [1.165, 1.54) is 0 Å². The van der Waals surface area contributed by atoms with Crippen LogP contribution in [0.5, 0.6) is 5.75 Å². The second-order valence-corrected chi connectivity index (χ2v) is 6.50. The molecule has 1 aromatic rings. The Labute approximate surface area is 154 Å². The van der Waals surface area contributed by atoms with Gasteiger partial charge in [0.15, 0.2) is 0 Å². The molecule has 0 radical (unpaired) electrons. The van der Waals surface area contributed by atoms with Gasteiger partial charge in [-0.1, -0.05) is 12.1 Å². The fourth-order valence-corrected chi connectivity index (χ4v) is 3.17. The van der Waals surface area contributed by atoms with Crippen LogP contribution < -0.4 is 10.1 Å². The average molecular weight is 364 g/mol. The molecule has 1 heterocycles. The number of carbonyl (C=O) groups is 2. The van der Waals surface area contributed by atoms with Crippen molar-refractivity contribution in [3.8, 4) is 5.75 Å². The van der Waals surface area contributed by atoms with Crippen LogP contribution in [-0.2, 0) is 4.79 Å². The number of hydrogen-bond acceptors (Lipinski definition) is 4. The number of aliphatic hydroxyl groups is 1. The number of aliphatic hydroxyl groups excluding tert-OH is 1. The lowest BCUT2D eigenvalue weighted by Gasteiger charge is -2.34. The van der Waals surface area contributed by atoms with E-state index < -0.39 is 12.1 Å². The molecular weight excluding hydrogens is 336 g/mol. The Bertz CT molecular complexity index is 582. The highest BCUT2D eigenvalue weighted by Crippen LogP contribution is 2.31. The summed E-state index contributed by atoms with van der Waals surface area (Å²) in [5.41, 5.74) is 0.866. The van der Waals surface area contributed by atoms with Crippen molar-refractivity contribution in [2.75, 3.05) is 26.2 Å². The minimum atomic E-state index is -0.858. The van der Waals surface area contributed by atoms with Crippen molar-refractivity contribution in [2.24, 2.45) is 5.92 Å². The fraction of sp³-hybridized carbons (Fsp3) is 0.579. The number of ether oxygens (including phenoxy) is 1. The van der Waals surface area contributed by atoms with Crippen molar-refractivity contribution in [3.63, 3.8) is 0 Å². The molecule has 2 rings (SSSR count). The standard InChI is InChI=1S/C19H28N2O5/c1-2-26-16-7-5-14(6-8-16)18(24)15-9-12-21(13-10-15)19(25)20-11-3-4-17(22)23/h5-8,15,18,24H,2-4,9-13H2,1H3,(H,20,25)(H,22,23). The Hall–Kier alpha value is -2.28. The molecule has 2 amide bonds. The molecule has 0 saturated carbocycles. The van der Waals surface area contributed by atoms with Gasteiger partial charge in [0.1, 0.15) is 5.75 Å². The number of nitrogens with one attached hydrogen (secondary N) is 1. The van der Waals surface area contributed by atoms with Crippen LogP contribution in [0.2, 0.25) is 0 Å². The second-order valence-electron chi connectivity index (χ2n) is 6.50. The first kappa shape index (κ1) is 20.0. The molecule has 0 bridgehead atoms. The van der Waals surface area contributed by atoms with Crippen molar-refractivity contribution in [2.45, 2.75) is 38.7 Å². The number of hydrogen-bond donors (Lipinski definition) is 3. The number of carbonyl (C=O) groups excluding carboxylic acids is 1. The summed E-state index contributed by atoms with van der Waals surface area (Å²) >= 11 is 0. The highest BCUT2D eigenvalue weighted by atomic mass is 16.5. The highest BCUT2D eigenvalue weighted by Gasteiger charge is 2.28. The molecule has 0 spiro atoms. The van der Waals surface area contributed by atoms with Crippen LogP contribution in [0, 0.1) is 5.92 Å². The Balaban J connectivity index is 1.76. The van der Waals surface area contributed by atoms with E-state index in [4.69, 9.17) is 9.84 Å². The van der Waals surface area contributed by atoms with E-state index in [1.54, 1.807) is 4.90 Å². The molecule has 1 aromatic carbocycles. The molecule has 1 aliphatic rings. The Morgan fingerprint density at radius 1 is 1.27 bits per heavy atom. The van der Waals surface area contributed by atoms with Gasteiger partial charge in [-0.25, -0.2) is 4.79 Å². The van der Waals surface area contributed by atoms with E-state index in [2.05, 4.69) is 5.32 Å². The maximum absolute atomic E-state index is 12.1. The first-order chi connectivity index (χ1) is 12.5. The molecular formula is C19H28N2O5. The van der Waals surface area contributed by atoms with Crippen LogP contribution in [0.3, 0.4) is 0 Å². The zero-order valence-corrected chi connectivity index (χ0v) is 15.2. The number of nitrogens with zero attached hydrogens (tertiary/aromatic N) is 1. The monoisotopic (exact) mass is 364 g/mol. The van der Waals surface area contributed by atoms with Gasteiger partial charge in [-0.05, 0) is 49.8 Å². The van der Waals surface area contributed by atoms with Crippen molar-refractivity contribution in [3.05, 3.63) is 29.8 Å². The molecule has 1 aliphatic heterocycles. The number of benzene rings is 1. The zero-order chi connectivity index (χ0) is 18.9. The van der Waals surface area contributed by atoms with Gasteiger partial charge in [0.05, 0.1) is 12.7 Å². The fourth-order valence-electron chi connectivity index (χ4n) is 3.17. The lowest BCUT2D eigenvalue weighted by Crippen LogP contribution is -2.45. The molecule has 3 N–H and O–H groups in total. The largest absolute Gasteiger partial charge is 0.494 e. The number of rotatable bonds is 8. The number of urea groups is 1. The number of piperidine rings is 1.